The standard InChI is InChI=1S/C16H19NO3/c1-10(2)17-16(19)15(18)13-5-4-12-9-14(20-3)7-6-11(12)8-13/h4-10,15,18H,1-3H3,(H,17,19). The molecule has 0 aliphatic heterocycles. The highest BCUT2D eigenvalue weighted by atomic mass is 16.5. The van der Waals surface area contributed by atoms with Gasteiger partial charge < -0.3 is 15.2 Å². The lowest BCUT2D eigenvalue weighted by Gasteiger charge is -2.14. The maximum atomic E-state index is 11.8. The fraction of sp³-hybridized carbons (Fsp3) is 0.312. The third kappa shape index (κ3) is 3.08. The number of nitrogens with one attached hydrogen (secondary N) is 1. The van der Waals surface area contributed by atoms with Crippen molar-refractivity contribution in [1.82, 2.24) is 5.32 Å². The van der Waals surface area contributed by atoms with Gasteiger partial charge in [-0.25, -0.2) is 0 Å². The van der Waals surface area contributed by atoms with Crippen LogP contribution < -0.4 is 10.1 Å². The molecule has 2 N–H and O–H groups in total. The summed E-state index contributed by atoms with van der Waals surface area (Å²) in [5, 5.41) is 14.7. The lowest BCUT2D eigenvalue weighted by Crippen LogP contribution is -2.34. The summed E-state index contributed by atoms with van der Waals surface area (Å²) in [6, 6.07) is 11.1. The molecule has 0 saturated carbocycles. The first-order chi connectivity index (χ1) is 9.51. The van der Waals surface area contributed by atoms with Crippen LogP contribution in [0.15, 0.2) is 36.4 Å². The van der Waals surface area contributed by atoms with E-state index in [9.17, 15) is 9.90 Å². The smallest absolute Gasteiger partial charge is 0.253 e. The van der Waals surface area contributed by atoms with Crippen LogP contribution in [0, 0.1) is 0 Å². The molecular formula is C16H19NO3. The van der Waals surface area contributed by atoms with Crippen LogP contribution >= 0.6 is 0 Å². The predicted octanol–water partition coefficient (Wildman–Crippen LogP) is 2.41. The fourth-order valence-electron chi connectivity index (χ4n) is 2.05. The molecule has 0 saturated heterocycles. The van der Waals surface area contributed by atoms with Gasteiger partial charge in [0.25, 0.3) is 5.91 Å². The van der Waals surface area contributed by atoms with Crippen molar-refractivity contribution < 1.29 is 14.6 Å². The van der Waals surface area contributed by atoms with Gasteiger partial charge in [0.2, 0.25) is 0 Å². The Labute approximate surface area is 118 Å². The van der Waals surface area contributed by atoms with E-state index >= 15 is 0 Å². The van der Waals surface area contributed by atoms with E-state index < -0.39 is 6.10 Å². The summed E-state index contributed by atoms with van der Waals surface area (Å²) in [5.74, 6) is 0.399. The van der Waals surface area contributed by atoms with Gasteiger partial charge in [0.1, 0.15) is 5.75 Å². The Morgan fingerprint density at radius 3 is 2.45 bits per heavy atom. The number of aliphatic hydroxyl groups excluding tert-OH is 1. The first-order valence-electron chi connectivity index (χ1n) is 6.57. The van der Waals surface area contributed by atoms with Gasteiger partial charge in [-0.3, -0.25) is 4.79 Å². The van der Waals surface area contributed by atoms with Crippen LogP contribution in [-0.2, 0) is 4.79 Å². The molecule has 0 bridgehead atoms. The fourth-order valence-corrected chi connectivity index (χ4v) is 2.05. The van der Waals surface area contributed by atoms with E-state index in [0.717, 1.165) is 16.5 Å². The number of rotatable bonds is 4. The lowest BCUT2D eigenvalue weighted by atomic mass is 10.0. The highest BCUT2D eigenvalue weighted by molar-refractivity contribution is 5.87. The van der Waals surface area contributed by atoms with Gasteiger partial charge in [-0.2, -0.15) is 0 Å². The third-order valence-electron chi connectivity index (χ3n) is 3.07. The van der Waals surface area contributed by atoms with Gasteiger partial charge in [0, 0.05) is 6.04 Å². The quantitative estimate of drug-likeness (QED) is 0.899. The normalized spacial score (nSPS) is 12.4. The second-order valence-corrected chi connectivity index (χ2v) is 5.04. The molecule has 0 aromatic heterocycles. The number of carbonyl (C=O) groups is 1. The maximum Gasteiger partial charge on any atom is 0.253 e. The van der Waals surface area contributed by atoms with Crippen molar-refractivity contribution in [2.24, 2.45) is 0 Å². The number of amides is 1. The van der Waals surface area contributed by atoms with Crippen LogP contribution in [0.25, 0.3) is 10.8 Å². The summed E-state index contributed by atoms with van der Waals surface area (Å²) >= 11 is 0. The molecule has 0 heterocycles. The summed E-state index contributed by atoms with van der Waals surface area (Å²) in [4.78, 5) is 11.8. The van der Waals surface area contributed by atoms with Crippen molar-refractivity contribution in [3.8, 4) is 5.75 Å². The number of hydrogen-bond acceptors (Lipinski definition) is 3. The summed E-state index contributed by atoms with van der Waals surface area (Å²) in [6.45, 7) is 3.72. The number of methoxy groups -OCH3 is 1. The molecule has 1 amide bonds. The van der Waals surface area contributed by atoms with Crippen molar-refractivity contribution >= 4 is 16.7 Å². The Hall–Kier alpha value is -2.07. The number of carbonyl (C=O) groups excluding carboxylic acids is 1. The van der Waals surface area contributed by atoms with E-state index in [1.165, 1.54) is 0 Å². The zero-order chi connectivity index (χ0) is 14.7. The number of fused-ring (bicyclic) bond motifs is 1. The minimum absolute atomic E-state index is 0.00173. The molecule has 20 heavy (non-hydrogen) atoms. The molecule has 1 atom stereocenters. The molecule has 2 rings (SSSR count). The van der Waals surface area contributed by atoms with Crippen molar-refractivity contribution in [2.75, 3.05) is 7.11 Å². The van der Waals surface area contributed by atoms with Gasteiger partial charge in [-0.1, -0.05) is 18.2 Å². The van der Waals surface area contributed by atoms with Crippen molar-refractivity contribution in [2.45, 2.75) is 26.0 Å². The highest BCUT2D eigenvalue weighted by Crippen LogP contribution is 2.24. The highest BCUT2D eigenvalue weighted by Gasteiger charge is 2.18. The third-order valence-corrected chi connectivity index (χ3v) is 3.07. The second-order valence-electron chi connectivity index (χ2n) is 5.04. The predicted molar refractivity (Wildman–Crippen MR) is 78.7 cm³/mol. The van der Waals surface area contributed by atoms with Crippen LogP contribution in [0.1, 0.15) is 25.5 Å². The first-order valence-corrected chi connectivity index (χ1v) is 6.57. The van der Waals surface area contributed by atoms with E-state index in [-0.39, 0.29) is 11.9 Å². The van der Waals surface area contributed by atoms with Crippen molar-refractivity contribution in [1.29, 1.82) is 0 Å². The van der Waals surface area contributed by atoms with E-state index in [1.54, 1.807) is 13.2 Å². The van der Waals surface area contributed by atoms with Crippen molar-refractivity contribution in [3.63, 3.8) is 0 Å². The molecule has 4 heteroatoms. The molecule has 1 unspecified atom stereocenters. The second kappa shape index (κ2) is 5.92. The SMILES string of the molecule is COc1ccc2cc(C(O)C(=O)NC(C)C)ccc2c1. The Kier molecular flexibility index (Phi) is 4.25. The Balaban J connectivity index is 2.29. The summed E-state index contributed by atoms with van der Waals surface area (Å²) in [6.07, 6.45) is -1.15. The maximum absolute atomic E-state index is 11.8. The van der Waals surface area contributed by atoms with Crippen molar-refractivity contribution in [3.05, 3.63) is 42.0 Å². The Bertz CT molecular complexity index is 622. The number of benzene rings is 2. The molecule has 0 aliphatic carbocycles. The molecular weight excluding hydrogens is 254 g/mol. The minimum atomic E-state index is -1.15. The van der Waals surface area contributed by atoms with Crippen LogP contribution in [0.4, 0.5) is 0 Å². The molecule has 2 aromatic rings. The van der Waals surface area contributed by atoms with Crippen LogP contribution in [0.2, 0.25) is 0 Å². The average molecular weight is 273 g/mol. The van der Waals surface area contributed by atoms with E-state index in [2.05, 4.69) is 5.32 Å². The number of aliphatic hydroxyl groups is 1. The van der Waals surface area contributed by atoms with E-state index in [0.29, 0.717) is 5.56 Å². The van der Waals surface area contributed by atoms with Gasteiger partial charge in [-0.15, -0.1) is 0 Å². The minimum Gasteiger partial charge on any atom is -0.497 e. The first kappa shape index (κ1) is 14.3. The van der Waals surface area contributed by atoms with Crippen LogP contribution in [0.3, 0.4) is 0 Å². The van der Waals surface area contributed by atoms with Gasteiger partial charge in [0.15, 0.2) is 6.10 Å². The van der Waals surface area contributed by atoms with Gasteiger partial charge >= 0.3 is 0 Å². The molecule has 4 nitrogen and oxygen atoms in total. The average Bonchev–Trinajstić information content (AvgIpc) is 2.44. The largest absolute Gasteiger partial charge is 0.497 e. The Morgan fingerprint density at radius 1 is 1.15 bits per heavy atom. The van der Waals surface area contributed by atoms with E-state index in [4.69, 9.17) is 4.74 Å². The van der Waals surface area contributed by atoms with Gasteiger partial charge in [-0.05, 0) is 48.4 Å². The monoisotopic (exact) mass is 273 g/mol. The zero-order valence-corrected chi connectivity index (χ0v) is 11.9. The zero-order valence-electron chi connectivity index (χ0n) is 11.9. The lowest BCUT2D eigenvalue weighted by molar-refractivity contribution is -0.130. The van der Waals surface area contributed by atoms with E-state index in [1.807, 2.05) is 44.2 Å². The van der Waals surface area contributed by atoms with Crippen LogP contribution in [-0.4, -0.2) is 24.2 Å². The molecule has 0 radical (unpaired) electrons. The van der Waals surface area contributed by atoms with Crippen LogP contribution in [0.5, 0.6) is 5.75 Å². The summed E-state index contributed by atoms with van der Waals surface area (Å²) in [5.41, 5.74) is 0.584. The molecule has 0 fully saturated rings. The number of hydrogen-bond donors (Lipinski definition) is 2. The number of ether oxygens (including phenoxy) is 1. The van der Waals surface area contributed by atoms with Gasteiger partial charge in [0.05, 0.1) is 7.11 Å². The summed E-state index contributed by atoms with van der Waals surface area (Å²) in [7, 11) is 1.62. The molecule has 2 aromatic carbocycles. The molecule has 106 valence electrons. The Morgan fingerprint density at radius 2 is 1.80 bits per heavy atom. The molecule has 0 aliphatic rings. The topological polar surface area (TPSA) is 58.6 Å². The molecule has 0 spiro atoms. The summed E-state index contributed by atoms with van der Waals surface area (Å²) < 4.78 is 5.17.